The van der Waals surface area contributed by atoms with E-state index >= 15 is 0 Å². The Kier molecular flexibility index (Phi) is 10.4. The number of benzene rings is 4. The molecule has 0 aromatic heterocycles. The van der Waals surface area contributed by atoms with Crippen LogP contribution in [0.3, 0.4) is 0 Å². The van der Waals surface area contributed by atoms with Crippen molar-refractivity contribution in [3.05, 3.63) is 137 Å². The van der Waals surface area contributed by atoms with Crippen LogP contribution in [0.4, 0.5) is 17.6 Å². The minimum Gasteiger partial charge on any atom is -0.491 e. The first-order chi connectivity index (χ1) is 20.1. The fraction of sp³-hybridized carbons (Fsp3) is 0.265. The average Bonchev–Trinajstić information content (AvgIpc) is 2.95. The number of ether oxygens (including phenoxy) is 1. The molecule has 0 saturated heterocycles. The van der Waals surface area contributed by atoms with Gasteiger partial charge in [-0.3, -0.25) is 9.69 Å². The van der Waals surface area contributed by atoms with Crippen molar-refractivity contribution in [1.29, 1.82) is 0 Å². The molecule has 0 fully saturated rings. The van der Waals surface area contributed by atoms with Gasteiger partial charge in [0.15, 0.2) is 0 Å². The molecule has 1 N–H and O–H groups in total. The van der Waals surface area contributed by atoms with Gasteiger partial charge in [-0.05, 0) is 59.9 Å². The number of alkyl halides is 3. The van der Waals surface area contributed by atoms with Crippen molar-refractivity contribution in [3.8, 4) is 5.75 Å². The van der Waals surface area contributed by atoms with E-state index in [1.807, 2.05) is 67.6 Å². The number of carboxylic acid groups (broad SMARTS) is 1. The zero-order chi connectivity index (χ0) is 30.1. The monoisotopic (exact) mass is 579 g/mol. The predicted octanol–water partition coefficient (Wildman–Crippen LogP) is 7.96. The van der Waals surface area contributed by atoms with Crippen molar-refractivity contribution in [3.63, 3.8) is 0 Å². The normalized spacial score (nSPS) is 12.5. The summed E-state index contributed by atoms with van der Waals surface area (Å²) in [5.74, 6) is -1.74. The SMILES string of the molecule is C[C@H](CCN(Cc1ccc(F)c(C(F)(F)F)c1)CC(c1ccccc1)c1ccccc1)Oc1cccc(CC(=O)O)c1. The van der Waals surface area contributed by atoms with E-state index in [4.69, 9.17) is 9.84 Å². The number of hydrogen-bond donors (Lipinski definition) is 1. The maximum Gasteiger partial charge on any atom is 0.419 e. The van der Waals surface area contributed by atoms with Gasteiger partial charge in [0.25, 0.3) is 0 Å². The number of carbonyl (C=O) groups is 1. The molecule has 0 aliphatic carbocycles. The van der Waals surface area contributed by atoms with Gasteiger partial charge in [0, 0.05) is 25.6 Å². The van der Waals surface area contributed by atoms with E-state index in [1.165, 1.54) is 6.07 Å². The summed E-state index contributed by atoms with van der Waals surface area (Å²) in [6, 6.07) is 29.9. The molecule has 0 heterocycles. The topological polar surface area (TPSA) is 49.8 Å². The van der Waals surface area contributed by atoms with E-state index in [2.05, 4.69) is 4.90 Å². The molecule has 0 amide bonds. The lowest BCUT2D eigenvalue weighted by molar-refractivity contribution is -0.140. The van der Waals surface area contributed by atoms with Crippen LogP contribution in [0.5, 0.6) is 5.75 Å². The molecule has 0 aliphatic rings. The quantitative estimate of drug-likeness (QED) is 0.163. The molecule has 0 aliphatic heterocycles. The fourth-order valence-corrected chi connectivity index (χ4v) is 4.97. The maximum absolute atomic E-state index is 14.0. The molecule has 8 heteroatoms. The van der Waals surface area contributed by atoms with Crippen LogP contribution in [-0.4, -0.2) is 35.2 Å². The number of carboxylic acids is 1. The molecular formula is C34H33F4NO3. The number of nitrogens with zero attached hydrogens (tertiary/aromatic N) is 1. The third-order valence-electron chi connectivity index (χ3n) is 7.03. The first kappa shape index (κ1) is 30.8. The van der Waals surface area contributed by atoms with Crippen LogP contribution in [-0.2, 0) is 23.9 Å². The number of rotatable bonds is 13. The van der Waals surface area contributed by atoms with Crippen molar-refractivity contribution in [2.45, 2.75) is 44.5 Å². The lowest BCUT2D eigenvalue weighted by Crippen LogP contribution is -2.32. The van der Waals surface area contributed by atoms with Gasteiger partial charge in [0.05, 0.1) is 18.1 Å². The largest absolute Gasteiger partial charge is 0.491 e. The zero-order valence-electron chi connectivity index (χ0n) is 23.2. The average molecular weight is 580 g/mol. The molecule has 0 bridgehead atoms. The number of halogens is 4. The highest BCUT2D eigenvalue weighted by Gasteiger charge is 2.34. The van der Waals surface area contributed by atoms with Gasteiger partial charge in [-0.15, -0.1) is 0 Å². The lowest BCUT2D eigenvalue weighted by atomic mass is 9.90. The molecule has 0 radical (unpaired) electrons. The highest BCUT2D eigenvalue weighted by molar-refractivity contribution is 5.70. The van der Waals surface area contributed by atoms with Crippen LogP contribution in [0.25, 0.3) is 0 Å². The van der Waals surface area contributed by atoms with Gasteiger partial charge in [-0.2, -0.15) is 13.2 Å². The maximum atomic E-state index is 14.0. The van der Waals surface area contributed by atoms with Crippen LogP contribution in [0.15, 0.2) is 103 Å². The standard InChI is InChI=1S/C34H33F4NO3/c1-24(42-29-14-8-9-25(19-29)21-33(40)41)17-18-39(22-26-15-16-32(35)31(20-26)34(36,37)38)23-30(27-10-4-2-5-11-27)28-12-6-3-7-13-28/h2-16,19-20,24,30H,17-18,21-23H2,1H3,(H,40,41)/t24-/m1/s1. The van der Waals surface area contributed by atoms with Crippen LogP contribution >= 0.6 is 0 Å². The second-order valence-corrected chi connectivity index (χ2v) is 10.4. The molecule has 1 atom stereocenters. The Hall–Kier alpha value is -4.17. The lowest BCUT2D eigenvalue weighted by Gasteiger charge is -2.30. The molecule has 42 heavy (non-hydrogen) atoms. The molecule has 0 unspecified atom stereocenters. The van der Waals surface area contributed by atoms with Crippen molar-refractivity contribution >= 4 is 5.97 Å². The number of aliphatic carboxylic acids is 1. The van der Waals surface area contributed by atoms with Gasteiger partial charge >= 0.3 is 12.1 Å². The van der Waals surface area contributed by atoms with Crippen LogP contribution in [0.1, 0.15) is 47.1 Å². The Morgan fingerprint density at radius 2 is 1.50 bits per heavy atom. The van der Waals surface area contributed by atoms with E-state index in [1.54, 1.807) is 24.3 Å². The van der Waals surface area contributed by atoms with Gasteiger partial charge in [0.2, 0.25) is 0 Å². The van der Waals surface area contributed by atoms with Gasteiger partial charge in [-0.1, -0.05) is 78.9 Å². The minimum absolute atomic E-state index is 0.0566. The zero-order valence-corrected chi connectivity index (χ0v) is 23.2. The van der Waals surface area contributed by atoms with Crippen LogP contribution in [0.2, 0.25) is 0 Å². The Morgan fingerprint density at radius 3 is 2.10 bits per heavy atom. The van der Waals surface area contributed by atoms with Crippen LogP contribution in [0, 0.1) is 5.82 Å². The third kappa shape index (κ3) is 8.91. The van der Waals surface area contributed by atoms with Gasteiger partial charge in [0.1, 0.15) is 11.6 Å². The fourth-order valence-electron chi connectivity index (χ4n) is 4.97. The summed E-state index contributed by atoms with van der Waals surface area (Å²) >= 11 is 0. The second-order valence-electron chi connectivity index (χ2n) is 10.4. The first-order valence-electron chi connectivity index (χ1n) is 13.7. The van der Waals surface area contributed by atoms with E-state index in [-0.39, 0.29) is 25.0 Å². The molecule has 4 aromatic carbocycles. The Morgan fingerprint density at radius 1 is 0.857 bits per heavy atom. The Balaban J connectivity index is 1.57. The summed E-state index contributed by atoms with van der Waals surface area (Å²) in [4.78, 5) is 13.2. The summed E-state index contributed by atoms with van der Waals surface area (Å²) in [7, 11) is 0. The van der Waals surface area contributed by atoms with E-state index in [9.17, 15) is 22.4 Å². The summed E-state index contributed by atoms with van der Waals surface area (Å²) in [6.45, 7) is 3.08. The summed E-state index contributed by atoms with van der Waals surface area (Å²) < 4.78 is 60.5. The summed E-state index contributed by atoms with van der Waals surface area (Å²) in [5.41, 5.74) is 1.85. The molecule has 4 aromatic rings. The van der Waals surface area contributed by atoms with Crippen LogP contribution < -0.4 is 4.74 Å². The van der Waals surface area contributed by atoms with E-state index < -0.39 is 23.5 Å². The molecule has 0 saturated carbocycles. The highest BCUT2D eigenvalue weighted by atomic mass is 19.4. The molecule has 0 spiro atoms. The molecule has 4 rings (SSSR count). The predicted molar refractivity (Wildman–Crippen MR) is 154 cm³/mol. The first-order valence-corrected chi connectivity index (χ1v) is 13.7. The third-order valence-corrected chi connectivity index (χ3v) is 7.03. The van der Waals surface area contributed by atoms with E-state index in [0.29, 0.717) is 36.4 Å². The Bertz CT molecular complexity index is 1400. The van der Waals surface area contributed by atoms with Crippen molar-refractivity contribution in [1.82, 2.24) is 4.90 Å². The second kappa shape index (κ2) is 14.1. The minimum atomic E-state index is -4.79. The smallest absolute Gasteiger partial charge is 0.419 e. The summed E-state index contributed by atoms with van der Waals surface area (Å²) in [5, 5.41) is 9.09. The highest BCUT2D eigenvalue weighted by Crippen LogP contribution is 2.33. The van der Waals surface area contributed by atoms with E-state index in [0.717, 1.165) is 23.3 Å². The van der Waals surface area contributed by atoms with Gasteiger partial charge < -0.3 is 9.84 Å². The number of hydrogen-bond acceptors (Lipinski definition) is 3. The summed E-state index contributed by atoms with van der Waals surface area (Å²) in [6.07, 6.45) is -4.62. The molecule has 4 nitrogen and oxygen atoms in total. The van der Waals surface area contributed by atoms with Crippen molar-refractivity contribution in [2.24, 2.45) is 0 Å². The molecular weight excluding hydrogens is 546 g/mol. The molecule has 220 valence electrons. The van der Waals surface area contributed by atoms with Gasteiger partial charge in [-0.25, -0.2) is 4.39 Å². The Labute approximate surface area is 243 Å². The van der Waals surface area contributed by atoms with Crippen molar-refractivity contribution in [2.75, 3.05) is 13.1 Å². The van der Waals surface area contributed by atoms with Crippen molar-refractivity contribution < 1.29 is 32.2 Å².